The zero-order valence-corrected chi connectivity index (χ0v) is 15.8. The summed E-state index contributed by atoms with van der Waals surface area (Å²) in [5, 5.41) is 0. The summed E-state index contributed by atoms with van der Waals surface area (Å²) in [5.74, 6) is -0.374. The number of hydrogen-bond acceptors (Lipinski definition) is 4. The van der Waals surface area contributed by atoms with E-state index < -0.39 is 6.04 Å². The number of amides is 3. The van der Waals surface area contributed by atoms with Crippen molar-refractivity contribution in [3.05, 3.63) is 35.9 Å². The van der Waals surface area contributed by atoms with Crippen molar-refractivity contribution in [3.8, 4) is 0 Å². The van der Waals surface area contributed by atoms with E-state index in [1.807, 2.05) is 30.3 Å². The molecule has 0 N–H and O–H groups in total. The topological polar surface area (TPSA) is 70.2 Å². The predicted molar refractivity (Wildman–Crippen MR) is 99.9 cm³/mol. The molecule has 27 heavy (non-hydrogen) atoms. The highest BCUT2D eigenvalue weighted by Gasteiger charge is 2.40. The lowest BCUT2D eigenvalue weighted by Gasteiger charge is -2.40. The fourth-order valence-electron chi connectivity index (χ4n) is 3.69. The van der Waals surface area contributed by atoms with Gasteiger partial charge in [-0.05, 0) is 18.4 Å². The lowest BCUT2D eigenvalue weighted by atomic mass is 10.0. The van der Waals surface area contributed by atoms with Gasteiger partial charge in [0.25, 0.3) is 0 Å². The van der Waals surface area contributed by atoms with Gasteiger partial charge in [0, 0.05) is 33.2 Å². The Labute approximate surface area is 159 Å². The third-order valence-corrected chi connectivity index (χ3v) is 5.22. The van der Waals surface area contributed by atoms with Gasteiger partial charge in [-0.1, -0.05) is 30.3 Å². The summed E-state index contributed by atoms with van der Waals surface area (Å²) in [6.45, 7) is 2.20. The van der Waals surface area contributed by atoms with E-state index in [9.17, 15) is 14.4 Å². The molecular formula is C20H27N3O4. The van der Waals surface area contributed by atoms with E-state index in [-0.39, 0.29) is 30.8 Å². The average molecular weight is 373 g/mol. The molecule has 2 aliphatic rings. The summed E-state index contributed by atoms with van der Waals surface area (Å²) >= 11 is 0. The summed E-state index contributed by atoms with van der Waals surface area (Å²) in [4.78, 5) is 43.2. The van der Waals surface area contributed by atoms with E-state index in [1.54, 1.807) is 12.0 Å². The van der Waals surface area contributed by atoms with Crippen LogP contribution in [0.1, 0.15) is 18.4 Å². The molecule has 7 heteroatoms. The molecule has 0 aromatic heterocycles. The number of hydrogen-bond donors (Lipinski definition) is 0. The number of nitrogens with zero attached hydrogens (tertiary/aromatic N) is 3. The molecule has 2 saturated heterocycles. The molecule has 0 bridgehead atoms. The van der Waals surface area contributed by atoms with Crippen molar-refractivity contribution in [3.63, 3.8) is 0 Å². The fourth-order valence-corrected chi connectivity index (χ4v) is 3.69. The van der Waals surface area contributed by atoms with Crippen LogP contribution in [0.25, 0.3) is 0 Å². The minimum atomic E-state index is -0.656. The van der Waals surface area contributed by atoms with Crippen molar-refractivity contribution in [2.24, 2.45) is 0 Å². The monoisotopic (exact) mass is 373 g/mol. The fraction of sp³-hybridized carbons (Fsp3) is 0.550. The third kappa shape index (κ3) is 4.66. The summed E-state index contributed by atoms with van der Waals surface area (Å²) in [6.07, 6.45) is 2.40. The van der Waals surface area contributed by atoms with E-state index in [0.29, 0.717) is 19.6 Å². The number of likely N-dealkylation sites (tertiary alicyclic amines) is 1. The van der Waals surface area contributed by atoms with Crippen LogP contribution in [0.15, 0.2) is 30.3 Å². The second-order valence-corrected chi connectivity index (χ2v) is 7.07. The molecule has 0 aliphatic carbocycles. The molecule has 1 aromatic carbocycles. The SMILES string of the molecule is COCCN1CC(=O)N(CC(=O)N2CCCC2)[C@H](Cc2ccccc2)C1=O. The predicted octanol–water partition coefficient (Wildman–Crippen LogP) is 0.537. The van der Waals surface area contributed by atoms with Crippen LogP contribution >= 0.6 is 0 Å². The molecule has 3 amide bonds. The first-order valence-electron chi connectivity index (χ1n) is 9.49. The van der Waals surface area contributed by atoms with Crippen LogP contribution in [0.5, 0.6) is 0 Å². The van der Waals surface area contributed by atoms with E-state index >= 15 is 0 Å². The van der Waals surface area contributed by atoms with Gasteiger partial charge in [-0.25, -0.2) is 0 Å². The molecule has 0 radical (unpaired) electrons. The molecule has 7 nitrogen and oxygen atoms in total. The Hall–Kier alpha value is -2.41. The Morgan fingerprint density at radius 2 is 1.85 bits per heavy atom. The van der Waals surface area contributed by atoms with Crippen molar-refractivity contribution >= 4 is 17.7 Å². The minimum Gasteiger partial charge on any atom is -0.383 e. The average Bonchev–Trinajstić information content (AvgIpc) is 3.22. The first kappa shape index (κ1) is 19.4. The molecule has 2 aliphatic heterocycles. The minimum absolute atomic E-state index is 0.000757. The number of ether oxygens (including phenoxy) is 1. The Morgan fingerprint density at radius 3 is 2.52 bits per heavy atom. The van der Waals surface area contributed by atoms with Gasteiger partial charge in [0.05, 0.1) is 13.2 Å². The van der Waals surface area contributed by atoms with Crippen molar-refractivity contribution in [2.45, 2.75) is 25.3 Å². The number of methoxy groups -OCH3 is 1. The molecule has 146 valence electrons. The number of carbonyl (C=O) groups is 3. The van der Waals surface area contributed by atoms with Crippen LogP contribution in [-0.2, 0) is 25.5 Å². The van der Waals surface area contributed by atoms with Gasteiger partial charge in [-0.2, -0.15) is 0 Å². The van der Waals surface area contributed by atoms with Gasteiger partial charge >= 0.3 is 0 Å². The molecule has 3 rings (SSSR count). The van der Waals surface area contributed by atoms with E-state index in [2.05, 4.69) is 0 Å². The van der Waals surface area contributed by atoms with Crippen LogP contribution < -0.4 is 0 Å². The lowest BCUT2D eigenvalue weighted by Crippen LogP contribution is -2.62. The van der Waals surface area contributed by atoms with Crippen LogP contribution in [-0.4, -0.2) is 84.9 Å². The molecule has 0 saturated carbocycles. The molecule has 1 aromatic rings. The Kier molecular flexibility index (Phi) is 6.45. The summed E-state index contributed by atoms with van der Waals surface area (Å²) in [7, 11) is 1.57. The normalized spacial score (nSPS) is 20.5. The number of piperazine rings is 1. The Morgan fingerprint density at radius 1 is 1.15 bits per heavy atom. The highest BCUT2D eigenvalue weighted by molar-refractivity contribution is 5.97. The van der Waals surface area contributed by atoms with Crippen molar-refractivity contribution in [1.29, 1.82) is 0 Å². The van der Waals surface area contributed by atoms with Crippen molar-refractivity contribution in [1.82, 2.24) is 14.7 Å². The third-order valence-electron chi connectivity index (χ3n) is 5.22. The van der Waals surface area contributed by atoms with Gasteiger partial charge in [0.2, 0.25) is 17.7 Å². The Bertz CT molecular complexity index is 673. The van der Waals surface area contributed by atoms with Crippen LogP contribution in [0, 0.1) is 0 Å². The number of rotatable bonds is 7. The van der Waals surface area contributed by atoms with Gasteiger partial charge < -0.3 is 19.4 Å². The van der Waals surface area contributed by atoms with E-state index in [4.69, 9.17) is 4.74 Å². The van der Waals surface area contributed by atoms with Crippen molar-refractivity contribution < 1.29 is 19.1 Å². The maximum Gasteiger partial charge on any atom is 0.246 e. The van der Waals surface area contributed by atoms with E-state index in [0.717, 1.165) is 31.5 Å². The molecular weight excluding hydrogens is 346 g/mol. The number of carbonyl (C=O) groups excluding carboxylic acids is 3. The van der Waals surface area contributed by atoms with Crippen LogP contribution in [0.2, 0.25) is 0 Å². The second-order valence-electron chi connectivity index (χ2n) is 7.07. The molecule has 2 heterocycles. The van der Waals surface area contributed by atoms with Crippen molar-refractivity contribution in [2.75, 3.05) is 46.4 Å². The maximum absolute atomic E-state index is 13.0. The Balaban J connectivity index is 1.78. The molecule has 0 spiro atoms. The zero-order chi connectivity index (χ0) is 19.2. The standard InChI is InChI=1S/C20H27N3O4/c1-27-12-11-22-14-19(25)23(15-18(24)21-9-5-6-10-21)17(20(22)26)13-16-7-3-2-4-8-16/h2-4,7-8,17H,5-6,9-15H2,1H3/t17-/m1/s1. The van der Waals surface area contributed by atoms with Gasteiger partial charge in [0.15, 0.2) is 0 Å². The highest BCUT2D eigenvalue weighted by Crippen LogP contribution is 2.19. The number of benzene rings is 1. The molecule has 1 atom stereocenters. The quantitative estimate of drug-likeness (QED) is 0.699. The van der Waals surface area contributed by atoms with Crippen LogP contribution in [0.4, 0.5) is 0 Å². The lowest BCUT2D eigenvalue weighted by molar-refractivity contribution is -0.158. The van der Waals surface area contributed by atoms with Gasteiger partial charge in [-0.3, -0.25) is 14.4 Å². The highest BCUT2D eigenvalue weighted by atomic mass is 16.5. The largest absolute Gasteiger partial charge is 0.383 e. The maximum atomic E-state index is 13.0. The molecule has 0 unspecified atom stereocenters. The molecule has 2 fully saturated rings. The zero-order valence-electron chi connectivity index (χ0n) is 15.8. The van der Waals surface area contributed by atoms with E-state index in [1.165, 1.54) is 9.80 Å². The second kappa shape index (κ2) is 8.99. The van der Waals surface area contributed by atoms with Gasteiger partial charge in [0.1, 0.15) is 12.6 Å². The smallest absolute Gasteiger partial charge is 0.246 e. The summed E-state index contributed by atoms with van der Waals surface area (Å²) < 4.78 is 5.06. The summed E-state index contributed by atoms with van der Waals surface area (Å²) in [6, 6.07) is 8.95. The van der Waals surface area contributed by atoms with Gasteiger partial charge in [-0.15, -0.1) is 0 Å². The summed E-state index contributed by atoms with van der Waals surface area (Å²) in [5.41, 5.74) is 0.968. The van der Waals surface area contributed by atoms with Crippen LogP contribution in [0.3, 0.4) is 0 Å². The first-order valence-corrected chi connectivity index (χ1v) is 9.49. The first-order chi connectivity index (χ1) is 13.1.